The number of ether oxygens (including phenoxy) is 2. The quantitative estimate of drug-likeness (QED) is 0.571. The van der Waals surface area contributed by atoms with Crippen LogP contribution in [0.5, 0.6) is 0 Å². The van der Waals surface area contributed by atoms with Crippen molar-refractivity contribution in [2.45, 2.75) is 51.0 Å². The summed E-state index contributed by atoms with van der Waals surface area (Å²) in [6.45, 7) is 2.96. The van der Waals surface area contributed by atoms with E-state index in [-0.39, 0.29) is 11.9 Å². The fourth-order valence-corrected chi connectivity index (χ4v) is 2.68. The molecule has 17 heavy (non-hydrogen) atoms. The highest BCUT2D eigenvalue weighted by molar-refractivity contribution is 5.81. The Kier molecular flexibility index (Phi) is 5.92. The lowest BCUT2D eigenvalue weighted by atomic mass is 9.71. The number of rotatable bonds is 6. The van der Waals surface area contributed by atoms with Crippen LogP contribution in [0, 0.1) is 5.92 Å². The zero-order chi connectivity index (χ0) is 12.7. The van der Waals surface area contributed by atoms with Crippen LogP contribution in [0.3, 0.4) is 0 Å². The standard InChI is InChI=1S/C13H25NO3/c1-3-17-12(15)13(14)9-5-4-7-11(13)8-6-10-16-2/h11H,3-10,14H2,1-2H3. The SMILES string of the molecule is CCOC(=O)C1(N)CCCCC1CCCOC. The normalized spacial score (nSPS) is 29.0. The van der Waals surface area contributed by atoms with Crippen molar-refractivity contribution in [2.24, 2.45) is 11.7 Å². The first-order valence-electron chi connectivity index (χ1n) is 6.60. The van der Waals surface area contributed by atoms with Crippen molar-refractivity contribution in [3.8, 4) is 0 Å². The second kappa shape index (κ2) is 6.97. The van der Waals surface area contributed by atoms with Gasteiger partial charge in [-0.2, -0.15) is 0 Å². The Balaban J connectivity index is 2.59. The minimum Gasteiger partial charge on any atom is -0.465 e. The molecule has 0 radical (unpaired) electrons. The second-order valence-corrected chi connectivity index (χ2v) is 4.84. The van der Waals surface area contributed by atoms with Crippen molar-refractivity contribution in [3.05, 3.63) is 0 Å². The molecule has 0 saturated heterocycles. The molecule has 4 nitrogen and oxygen atoms in total. The van der Waals surface area contributed by atoms with Gasteiger partial charge in [0.2, 0.25) is 0 Å². The predicted octanol–water partition coefficient (Wildman–Crippen LogP) is 1.86. The lowest BCUT2D eigenvalue weighted by Gasteiger charge is -2.39. The second-order valence-electron chi connectivity index (χ2n) is 4.84. The third kappa shape index (κ3) is 3.68. The molecular formula is C13H25NO3. The first-order valence-corrected chi connectivity index (χ1v) is 6.60. The summed E-state index contributed by atoms with van der Waals surface area (Å²) in [4.78, 5) is 12.0. The molecule has 1 aliphatic carbocycles. The number of methoxy groups -OCH3 is 1. The lowest BCUT2D eigenvalue weighted by molar-refractivity contribution is -0.153. The monoisotopic (exact) mass is 243 g/mol. The van der Waals surface area contributed by atoms with Gasteiger partial charge in [-0.3, -0.25) is 4.79 Å². The Morgan fingerprint density at radius 1 is 1.47 bits per heavy atom. The smallest absolute Gasteiger partial charge is 0.326 e. The van der Waals surface area contributed by atoms with Gasteiger partial charge >= 0.3 is 5.97 Å². The van der Waals surface area contributed by atoms with E-state index in [4.69, 9.17) is 15.2 Å². The summed E-state index contributed by atoms with van der Waals surface area (Å²) < 4.78 is 10.2. The van der Waals surface area contributed by atoms with Crippen molar-refractivity contribution in [1.82, 2.24) is 0 Å². The zero-order valence-electron chi connectivity index (χ0n) is 11.0. The summed E-state index contributed by atoms with van der Waals surface area (Å²) in [5.41, 5.74) is 5.54. The molecule has 0 aliphatic heterocycles. The highest BCUT2D eigenvalue weighted by atomic mass is 16.5. The van der Waals surface area contributed by atoms with E-state index in [0.29, 0.717) is 6.61 Å². The lowest BCUT2D eigenvalue weighted by Crippen LogP contribution is -2.56. The molecule has 1 fully saturated rings. The summed E-state index contributed by atoms with van der Waals surface area (Å²) >= 11 is 0. The van der Waals surface area contributed by atoms with Crippen molar-refractivity contribution in [1.29, 1.82) is 0 Å². The molecule has 4 heteroatoms. The first-order chi connectivity index (χ1) is 8.15. The Labute approximate surface area is 104 Å². The van der Waals surface area contributed by atoms with E-state index in [1.807, 2.05) is 6.92 Å². The van der Waals surface area contributed by atoms with Gasteiger partial charge in [-0.05, 0) is 38.5 Å². The van der Waals surface area contributed by atoms with Gasteiger partial charge in [0.1, 0.15) is 5.54 Å². The van der Waals surface area contributed by atoms with Gasteiger partial charge in [-0.1, -0.05) is 12.8 Å². The predicted molar refractivity (Wildman–Crippen MR) is 66.6 cm³/mol. The number of carbonyl (C=O) groups is 1. The maximum atomic E-state index is 12.0. The molecule has 1 rings (SSSR count). The van der Waals surface area contributed by atoms with Crippen molar-refractivity contribution < 1.29 is 14.3 Å². The third-order valence-electron chi connectivity index (χ3n) is 3.68. The van der Waals surface area contributed by atoms with E-state index in [1.165, 1.54) is 0 Å². The summed E-state index contributed by atoms with van der Waals surface area (Å²) in [6, 6.07) is 0. The van der Waals surface area contributed by atoms with Crippen LogP contribution in [-0.4, -0.2) is 31.8 Å². The summed E-state index contributed by atoms with van der Waals surface area (Å²) in [7, 11) is 1.70. The maximum Gasteiger partial charge on any atom is 0.326 e. The van der Waals surface area contributed by atoms with E-state index in [0.717, 1.165) is 45.1 Å². The molecule has 0 bridgehead atoms. The van der Waals surface area contributed by atoms with Crippen LogP contribution in [0.4, 0.5) is 0 Å². The molecule has 0 aromatic heterocycles. The van der Waals surface area contributed by atoms with Crippen LogP contribution in [0.1, 0.15) is 45.4 Å². The molecule has 0 spiro atoms. The van der Waals surface area contributed by atoms with Gasteiger partial charge in [0.15, 0.2) is 0 Å². The van der Waals surface area contributed by atoms with Gasteiger partial charge < -0.3 is 15.2 Å². The van der Waals surface area contributed by atoms with Crippen LogP contribution < -0.4 is 5.73 Å². The molecule has 0 aromatic rings. The van der Waals surface area contributed by atoms with E-state index >= 15 is 0 Å². The Morgan fingerprint density at radius 3 is 2.88 bits per heavy atom. The molecule has 100 valence electrons. The molecule has 0 amide bonds. The molecule has 2 N–H and O–H groups in total. The third-order valence-corrected chi connectivity index (χ3v) is 3.68. The summed E-state index contributed by atoms with van der Waals surface area (Å²) in [5.74, 6) is 0.0209. The van der Waals surface area contributed by atoms with E-state index in [1.54, 1.807) is 7.11 Å². The number of nitrogens with two attached hydrogens (primary N) is 1. The number of hydrogen-bond acceptors (Lipinski definition) is 4. The van der Waals surface area contributed by atoms with Crippen LogP contribution in [0.2, 0.25) is 0 Å². The maximum absolute atomic E-state index is 12.0. The topological polar surface area (TPSA) is 61.5 Å². The minimum absolute atomic E-state index is 0.220. The molecule has 0 aromatic carbocycles. The summed E-state index contributed by atoms with van der Waals surface area (Å²) in [6.07, 6.45) is 5.87. The van der Waals surface area contributed by atoms with Gasteiger partial charge in [0, 0.05) is 13.7 Å². The molecular weight excluding hydrogens is 218 g/mol. The molecule has 1 aliphatic rings. The molecule has 2 atom stereocenters. The van der Waals surface area contributed by atoms with E-state index < -0.39 is 5.54 Å². The van der Waals surface area contributed by atoms with Crippen molar-refractivity contribution in [3.63, 3.8) is 0 Å². The van der Waals surface area contributed by atoms with Crippen LogP contribution >= 0.6 is 0 Å². The zero-order valence-corrected chi connectivity index (χ0v) is 11.0. The van der Waals surface area contributed by atoms with Crippen molar-refractivity contribution in [2.75, 3.05) is 20.3 Å². The Morgan fingerprint density at radius 2 is 2.24 bits per heavy atom. The van der Waals surface area contributed by atoms with Gasteiger partial charge in [0.25, 0.3) is 0 Å². The summed E-state index contributed by atoms with van der Waals surface area (Å²) in [5, 5.41) is 0. The van der Waals surface area contributed by atoms with E-state index in [9.17, 15) is 4.79 Å². The fourth-order valence-electron chi connectivity index (χ4n) is 2.68. The fraction of sp³-hybridized carbons (Fsp3) is 0.923. The average Bonchev–Trinajstić information content (AvgIpc) is 2.32. The highest BCUT2D eigenvalue weighted by Crippen LogP contribution is 2.35. The first kappa shape index (κ1) is 14.5. The van der Waals surface area contributed by atoms with Gasteiger partial charge in [0.05, 0.1) is 6.61 Å². The highest BCUT2D eigenvalue weighted by Gasteiger charge is 2.44. The van der Waals surface area contributed by atoms with Gasteiger partial charge in [-0.25, -0.2) is 0 Å². The Hall–Kier alpha value is -0.610. The molecule has 0 heterocycles. The van der Waals surface area contributed by atoms with Crippen molar-refractivity contribution >= 4 is 5.97 Å². The number of esters is 1. The largest absolute Gasteiger partial charge is 0.465 e. The molecule has 2 unspecified atom stereocenters. The average molecular weight is 243 g/mol. The van der Waals surface area contributed by atoms with Crippen LogP contribution in [0.25, 0.3) is 0 Å². The number of carbonyl (C=O) groups excluding carboxylic acids is 1. The van der Waals surface area contributed by atoms with E-state index in [2.05, 4.69) is 0 Å². The van der Waals surface area contributed by atoms with Crippen LogP contribution in [-0.2, 0) is 14.3 Å². The number of hydrogen-bond donors (Lipinski definition) is 1. The minimum atomic E-state index is -0.762. The molecule has 1 saturated carbocycles. The Bertz CT molecular complexity index is 245. The van der Waals surface area contributed by atoms with Crippen LogP contribution in [0.15, 0.2) is 0 Å². The van der Waals surface area contributed by atoms with Gasteiger partial charge in [-0.15, -0.1) is 0 Å².